The summed E-state index contributed by atoms with van der Waals surface area (Å²) >= 11 is 0. The number of aromatic nitrogens is 3. The predicted octanol–water partition coefficient (Wildman–Crippen LogP) is 3.57. The average molecular weight is 722 g/mol. The van der Waals surface area contributed by atoms with E-state index in [0.717, 1.165) is 30.3 Å². The molecule has 0 radical (unpaired) electrons. The van der Waals surface area contributed by atoms with Crippen LogP contribution in [0.2, 0.25) is 0 Å². The summed E-state index contributed by atoms with van der Waals surface area (Å²) in [6.07, 6.45) is 4.59. The summed E-state index contributed by atoms with van der Waals surface area (Å²) in [6.45, 7) is 3.87. The Kier molecular flexibility index (Phi) is 10.9. The number of pyridine rings is 2. The van der Waals surface area contributed by atoms with Gasteiger partial charge in [-0.25, -0.2) is 18.4 Å². The van der Waals surface area contributed by atoms with E-state index in [1.54, 1.807) is 40.4 Å². The molecule has 2 aliphatic rings. The van der Waals surface area contributed by atoms with Gasteiger partial charge < -0.3 is 33.9 Å². The summed E-state index contributed by atoms with van der Waals surface area (Å²) < 4.78 is 47.6. The van der Waals surface area contributed by atoms with Crippen molar-refractivity contribution in [2.24, 2.45) is 13.0 Å². The third kappa shape index (κ3) is 7.54. The summed E-state index contributed by atoms with van der Waals surface area (Å²) in [6, 6.07) is 9.22. The molecule has 1 N–H and O–H groups in total. The molecule has 6 rings (SSSR count). The SMILES string of the molecule is CCS(=O)(=O)N1CCCCN(C(=O)c2ccc3ccn(C)c3n2)CC(=O)NCC2CCCN(C2)c2nc3cc(OC)c(OC)c(OC)c3cc2C1. The van der Waals surface area contributed by atoms with E-state index in [1.807, 2.05) is 36.0 Å². The maximum absolute atomic E-state index is 13.8. The lowest BCUT2D eigenvalue weighted by atomic mass is 9.97. The molecule has 1 aromatic carbocycles. The molecule has 1 atom stereocenters. The number of hydrogen-bond acceptors (Lipinski definition) is 10. The minimum Gasteiger partial charge on any atom is -0.493 e. The first-order chi connectivity index (χ1) is 24.6. The van der Waals surface area contributed by atoms with Gasteiger partial charge in [-0.3, -0.25) is 9.59 Å². The third-order valence-electron chi connectivity index (χ3n) is 9.83. The molecule has 1 fully saturated rings. The number of hydrogen-bond donors (Lipinski definition) is 1. The zero-order chi connectivity index (χ0) is 36.3. The second kappa shape index (κ2) is 15.3. The van der Waals surface area contributed by atoms with Crippen LogP contribution in [-0.4, -0.2) is 110 Å². The molecule has 14 nitrogen and oxygen atoms in total. The Bertz CT molecular complexity index is 2030. The van der Waals surface area contributed by atoms with Crippen LogP contribution in [0.5, 0.6) is 17.2 Å². The van der Waals surface area contributed by atoms with Gasteiger partial charge in [0.1, 0.15) is 17.2 Å². The molecular formula is C36H47N7O7S. The van der Waals surface area contributed by atoms with Gasteiger partial charge in [0.05, 0.1) is 39.1 Å². The molecule has 1 saturated heterocycles. The largest absolute Gasteiger partial charge is 0.493 e. The Morgan fingerprint density at radius 3 is 2.49 bits per heavy atom. The lowest BCUT2D eigenvalue weighted by Crippen LogP contribution is -2.46. The molecule has 274 valence electrons. The van der Waals surface area contributed by atoms with Crippen molar-refractivity contribution in [3.63, 3.8) is 0 Å². The van der Waals surface area contributed by atoms with Crippen molar-refractivity contribution in [1.82, 2.24) is 29.1 Å². The van der Waals surface area contributed by atoms with E-state index in [9.17, 15) is 18.0 Å². The molecule has 51 heavy (non-hydrogen) atoms. The first-order valence-corrected chi connectivity index (χ1v) is 19.0. The number of amides is 2. The van der Waals surface area contributed by atoms with Crippen molar-refractivity contribution >= 4 is 49.6 Å². The third-order valence-corrected chi connectivity index (χ3v) is 11.7. The van der Waals surface area contributed by atoms with Crippen molar-refractivity contribution in [2.75, 3.05) is 71.3 Å². The number of rotatable bonds is 6. The van der Waals surface area contributed by atoms with Crippen LogP contribution in [0, 0.1) is 5.92 Å². The summed E-state index contributed by atoms with van der Waals surface area (Å²) in [5.41, 5.74) is 2.30. The van der Waals surface area contributed by atoms with Crippen LogP contribution in [0.4, 0.5) is 5.82 Å². The van der Waals surface area contributed by atoms with E-state index in [2.05, 4.69) is 15.2 Å². The second-order valence-electron chi connectivity index (χ2n) is 13.1. The van der Waals surface area contributed by atoms with Crippen LogP contribution in [0.15, 0.2) is 36.5 Å². The summed E-state index contributed by atoms with van der Waals surface area (Å²) in [5, 5.41) is 4.68. The number of carbonyl (C=O) groups excluding carboxylic acids is 2. The maximum Gasteiger partial charge on any atom is 0.273 e. The number of ether oxygens (including phenoxy) is 3. The van der Waals surface area contributed by atoms with Gasteiger partial charge in [0.25, 0.3) is 5.91 Å². The molecule has 2 bridgehead atoms. The number of anilines is 1. The minimum atomic E-state index is -3.64. The van der Waals surface area contributed by atoms with Gasteiger partial charge in [-0.15, -0.1) is 0 Å². The Hall–Kier alpha value is -4.63. The van der Waals surface area contributed by atoms with Gasteiger partial charge in [-0.05, 0) is 62.8 Å². The van der Waals surface area contributed by atoms with Crippen LogP contribution < -0.4 is 24.4 Å². The number of nitrogens with one attached hydrogen (secondary N) is 1. The highest BCUT2D eigenvalue weighted by atomic mass is 32.2. The van der Waals surface area contributed by atoms with Crippen LogP contribution in [0.1, 0.15) is 48.7 Å². The first-order valence-electron chi connectivity index (χ1n) is 17.4. The van der Waals surface area contributed by atoms with Gasteiger partial charge in [0, 0.05) is 74.9 Å². The lowest BCUT2D eigenvalue weighted by Gasteiger charge is -2.36. The van der Waals surface area contributed by atoms with Crippen LogP contribution in [0.3, 0.4) is 0 Å². The molecule has 0 saturated carbocycles. The summed E-state index contributed by atoms with van der Waals surface area (Å²) in [7, 11) is 2.87. The van der Waals surface area contributed by atoms with Gasteiger partial charge in [0.15, 0.2) is 11.5 Å². The Morgan fingerprint density at radius 2 is 1.75 bits per heavy atom. The Labute approximate surface area is 298 Å². The van der Waals surface area contributed by atoms with E-state index >= 15 is 0 Å². The maximum atomic E-state index is 13.8. The Balaban J connectivity index is 1.37. The monoisotopic (exact) mass is 721 g/mol. The topological polar surface area (TPSA) is 148 Å². The van der Waals surface area contributed by atoms with Gasteiger partial charge in [-0.2, -0.15) is 4.31 Å². The van der Waals surface area contributed by atoms with E-state index in [-0.39, 0.29) is 55.4 Å². The zero-order valence-electron chi connectivity index (χ0n) is 30.0. The number of methoxy groups -OCH3 is 3. The van der Waals surface area contributed by atoms with E-state index in [1.165, 1.54) is 9.21 Å². The number of fused-ring (bicyclic) bond motifs is 6. The molecule has 1 unspecified atom stereocenters. The molecule has 5 heterocycles. The highest BCUT2D eigenvalue weighted by molar-refractivity contribution is 7.89. The quantitative estimate of drug-likeness (QED) is 0.313. The number of sulfonamides is 1. The van der Waals surface area contributed by atoms with Crippen molar-refractivity contribution in [2.45, 2.75) is 39.2 Å². The number of benzene rings is 1. The van der Waals surface area contributed by atoms with E-state index in [4.69, 9.17) is 19.2 Å². The predicted molar refractivity (Wildman–Crippen MR) is 195 cm³/mol. The number of nitrogens with zero attached hydrogens (tertiary/aromatic N) is 6. The number of aryl methyl sites for hydroxylation is 1. The van der Waals surface area contributed by atoms with Gasteiger partial charge >= 0.3 is 0 Å². The highest BCUT2D eigenvalue weighted by Crippen LogP contribution is 2.44. The van der Waals surface area contributed by atoms with Crippen molar-refractivity contribution in [3.8, 4) is 17.2 Å². The van der Waals surface area contributed by atoms with Gasteiger partial charge in [-0.1, -0.05) is 0 Å². The fourth-order valence-electron chi connectivity index (χ4n) is 7.07. The van der Waals surface area contributed by atoms with Crippen molar-refractivity contribution in [3.05, 3.63) is 47.8 Å². The number of carbonyl (C=O) groups is 2. The zero-order valence-corrected chi connectivity index (χ0v) is 30.8. The van der Waals surface area contributed by atoms with E-state index < -0.39 is 10.0 Å². The fraction of sp³-hybridized carbons (Fsp3) is 0.500. The molecule has 2 amide bonds. The fourth-order valence-corrected chi connectivity index (χ4v) is 8.18. The highest BCUT2D eigenvalue weighted by Gasteiger charge is 2.30. The van der Waals surface area contributed by atoms with Crippen molar-refractivity contribution in [1.29, 1.82) is 0 Å². The van der Waals surface area contributed by atoms with E-state index in [0.29, 0.717) is 65.5 Å². The smallest absolute Gasteiger partial charge is 0.273 e. The standard InChI is InChI=1S/C36H47N7O7S/c1-6-51(46,47)43-16-8-7-14-42(36(45)28-12-11-25-13-17-40(2)34(25)38-28)23-31(44)37-20-24-10-9-15-41(21-24)35-26(22-43)18-27-29(39-35)19-30(48-3)33(50-5)32(27)49-4/h11-13,17-19,24H,6-10,14-16,20-23H2,1-5H3,(H,37,44). The molecule has 3 aromatic heterocycles. The van der Waals surface area contributed by atoms with Crippen LogP contribution in [-0.2, 0) is 28.4 Å². The molecule has 0 spiro atoms. The normalized spacial score (nSPS) is 18.4. The average Bonchev–Trinajstić information content (AvgIpc) is 3.52. The molecule has 15 heteroatoms. The molecule has 2 aliphatic heterocycles. The Morgan fingerprint density at radius 1 is 0.961 bits per heavy atom. The molecular weight excluding hydrogens is 675 g/mol. The van der Waals surface area contributed by atoms with Crippen LogP contribution >= 0.6 is 0 Å². The summed E-state index contributed by atoms with van der Waals surface area (Å²) in [4.78, 5) is 40.6. The minimum absolute atomic E-state index is 0.0679. The van der Waals surface area contributed by atoms with Crippen LogP contribution in [0.25, 0.3) is 21.9 Å². The first kappa shape index (κ1) is 36.2. The van der Waals surface area contributed by atoms with Crippen molar-refractivity contribution < 1.29 is 32.2 Å². The molecule has 4 aromatic rings. The lowest BCUT2D eigenvalue weighted by molar-refractivity contribution is -0.122. The summed E-state index contributed by atoms with van der Waals surface area (Å²) in [5.74, 6) is 1.49. The second-order valence-corrected chi connectivity index (χ2v) is 15.4. The van der Waals surface area contributed by atoms with Gasteiger partial charge in [0.2, 0.25) is 21.7 Å². The number of piperidine rings is 1. The molecule has 0 aliphatic carbocycles.